The number of aromatic nitrogens is 2. The highest BCUT2D eigenvalue weighted by molar-refractivity contribution is 9.10. The van der Waals surface area contributed by atoms with Crippen molar-refractivity contribution < 1.29 is 4.42 Å². The number of rotatable bonds is 2. The Morgan fingerprint density at radius 1 is 1.31 bits per heavy atom. The predicted molar refractivity (Wildman–Crippen MR) is 64.8 cm³/mol. The lowest BCUT2D eigenvalue weighted by Gasteiger charge is -2.06. The average Bonchev–Trinajstić information content (AvgIpc) is 2.69. The summed E-state index contributed by atoms with van der Waals surface area (Å²) in [7, 11) is 0. The van der Waals surface area contributed by atoms with Gasteiger partial charge in [-0.1, -0.05) is 0 Å². The maximum Gasteiger partial charge on any atom is 0.196 e. The Kier molecular flexibility index (Phi) is 3.07. The molecule has 0 aliphatic heterocycles. The molecule has 0 radical (unpaired) electrons. The smallest absolute Gasteiger partial charge is 0.196 e. The maximum atomic E-state index is 5.64. The Balaban J connectivity index is 2.54. The summed E-state index contributed by atoms with van der Waals surface area (Å²) >= 11 is 3.25. The lowest BCUT2D eigenvalue weighted by molar-refractivity contribution is 0.550. The van der Waals surface area contributed by atoms with E-state index in [9.17, 15) is 0 Å². The topological polar surface area (TPSA) is 64.9 Å². The number of furan rings is 1. The van der Waals surface area contributed by atoms with Gasteiger partial charge in [0.2, 0.25) is 0 Å². The summed E-state index contributed by atoms with van der Waals surface area (Å²) in [6, 6.07) is 3.64. The van der Waals surface area contributed by atoms with E-state index in [0.29, 0.717) is 22.8 Å². The number of aryl methyl sites for hydroxylation is 1. The zero-order valence-electron chi connectivity index (χ0n) is 9.12. The van der Waals surface area contributed by atoms with E-state index in [1.807, 2.05) is 26.0 Å². The number of halogens is 1. The number of hydrogen-bond donors (Lipinski definition) is 1. The minimum Gasteiger partial charge on any atom is -0.446 e. The van der Waals surface area contributed by atoms with Gasteiger partial charge in [-0.2, -0.15) is 0 Å². The molecule has 0 atom stereocenters. The fourth-order valence-corrected chi connectivity index (χ4v) is 1.74. The van der Waals surface area contributed by atoms with Crippen molar-refractivity contribution in [3.63, 3.8) is 0 Å². The van der Waals surface area contributed by atoms with Crippen LogP contribution in [-0.2, 0) is 6.54 Å². The van der Waals surface area contributed by atoms with Crippen molar-refractivity contribution in [3.8, 4) is 11.6 Å². The highest BCUT2D eigenvalue weighted by atomic mass is 79.9. The largest absolute Gasteiger partial charge is 0.446 e. The summed E-state index contributed by atoms with van der Waals surface area (Å²) in [5.41, 5.74) is 8.47. The van der Waals surface area contributed by atoms with Crippen LogP contribution in [0, 0.1) is 13.8 Å². The van der Waals surface area contributed by atoms with E-state index in [1.54, 1.807) is 0 Å². The molecule has 2 rings (SSSR count). The summed E-state index contributed by atoms with van der Waals surface area (Å²) in [6.45, 7) is 4.32. The van der Waals surface area contributed by atoms with Gasteiger partial charge in [0.05, 0.1) is 5.69 Å². The van der Waals surface area contributed by atoms with Gasteiger partial charge in [-0.05, 0) is 47.5 Å². The van der Waals surface area contributed by atoms with Crippen LogP contribution in [-0.4, -0.2) is 9.97 Å². The van der Waals surface area contributed by atoms with E-state index < -0.39 is 0 Å². The van der Waals surface area contributed by atoms with Gasteiger partial charge in [-0.15, -0.1) is 0 Å². The van der Waals surface area contributed by atoms with Crippen molar-refractivity contribution in [1.29, 1.82) is 0 Å². The zero-order chi connectivity index (χ0) is 11.7. The van der Waals surface area contributed by atoms with Crippen LogP contribution in [0.1, 0.15) is 17.0 Å². The Bertz CT molecular complexity index is 522. The second-order valence-corrected chi connectivity index (χ2v) is 4.29. The average molecular weight is 282 g/mol. The van der Waals surface area contributed by atoms with Crippen LogP contribution in [0.4, 0.5) is 0 Å². The van der Waals surface area contributed by atoms with Crippen LogP contribution in [0.25, 0.3) is 11.6 Å². The minimum atomic E-state index is 0.407. The van der Waals surface area contributed by atoms with E-state index in [4.69, 9.17) is 10.2 Å². The normalized spacial score (nSPS) is 10.8. The second-order valence-electron chi connectivity index (χ2n) is 3.51. The Hall–Kier alpha value is -1.20. The highest BCUT2D eigenvalue weighted by Crippen LogP contribution is 2.23. The first-order valence-electron chi connectivity index (χ1n) is 4.91. The molecule has 4 nitrogen and oxygen atoms in total. The second kappa shape index (κ2) is 4.35. The molecule has 2 aromatic heterocycles. The monoisotopic (exact) mass is 281 g/mol. The fourth-order valence-electron chi connectivity index (χ4n) is 1.43. The summed E-state index contributed by atoms with van der Waals surface area (Å²) < 4.78 is 6.08. The van der Waals surface area contributed by atoms with Gasteiger partial charge in [0.25, 0.3) is 0 Å². The number of nitrogens with zero attached hydrogens (tertiary/aromatic N) is 2. The van der Waals surface area contributed by atoms with Crippen molar-refractivity contribution in [1.82, 2.24) is 9.97 Å². The Morgan fingerprint density at radius 2 is 2.06 bits per heavy atom. The molecule has 0 spiro atoms. The maximum absolute atomic E-state index is 5.64. The molecule has 0 aliphatic carbocycles. The van der Waals surface area contributed by atoms with Crippen molar-refractivity contribution in [2.45, 2.75) is 20.4 Å². The van der Waals surface area contributed by atoms with E-state index >= 15 is 0 Å². The van der Waals surface area contributed by atoms with Crippen molar-refractivity contribution >= 4 is 15.9 Å². The first kappa shape index (κ1) is 11.3. The van der Waals surface area contributed by atoms with Gasteiger partial charge in [0.15, 0.2) is 16.3 Å². The third-order valence-corrected chi connectivity index (χ3v) is 2.90. The van der Waals surface area contributed by atoms with E-state index in [2.05, 4.69) is 25.9 Å². The lowest BCUT2D eigenvalue weighted by Crippen LogP contribution is -2.07. The molecule has 0 bridgehead atoms. The van der Waals surface area contributed by atoms with Gasteiger partial charge in [0.1, 0.15) is 0 Å². The molecule has 2 N–H and O–H groups in total. The molecule has 5 heteroatoms. The van der Waals surface area contributed by atoms with Crippen LogP contribution in [0.15, 0.2) is 21.2 Å². The quantitative estimate of drug-likeness (QED) is 0.919. The lowest BCUT2D eigenvalue weighted by atomic mass is 10.2. The Labute approximate surface area is 102 Å². The molecule has 0 saturated heterocycles. The van der Waals surface area contributed by atoms with Gasteiger partial charge in [-0.25, -0.2) is 9.97 Å². The summed E-state index contributed by atoms with van der Waals surface area (Å²) in [4.78, 5) is 8.77. The van der Waals surface area contributed by atoms with Crippen molar-refractivity contribution in [2.24, 2.45) is 5.73 Å². The van der Waals surface area contributed by atoms with Gasteiger partial charge in [0, 0.05) is 12.2 Å². The predicted octanol–water partition coefficient (Wildman–Crippen LogP) is 2.57. The first-order valence-corrected chi connectivity index (χ1v) is 5.71. The van der Waals surface area contributed by atoms with Crippen LogP contribution >= 0.6 is 15.9 Å². The Morgan fingerprint density at radius 3 is 2.62 bits per heavy atom. The summed E-state index contributed by atoms with van der Waals surface area (Å²) in [5, 5.41) is 0. The van der Waals surface area contributed by atoms with E-state index in [0.717, 1.165) is 17.0 Å². The SMILES string of the molecule is Cc1nc(-c2ccc(Br)o2)nc(CN)c1C. The zero-order valence-corrected chi connectivity index (χ0v) is 10.7. The molecule has 2 aromatic rings. The number of hydrogen-bond acceptors (Lipinski definition) is 4. The summed E-state index contributed by atoms with van der Waals surface area (Å²) in [5.74, 6) is 1.22. The number of nitrogens with two attached hydrogens (primary N) is 1. The molecule has 0 saturated carbocycles. The van der Waals surface area contributed by atoms with Crippen LogP contribution in [0.5, 0.6) is 0 Å². The van der Waals surface area contributed by atoms with Crippen LogP contribution < -0.4 is 5.73 Å². The molecule has 0 amide bonds. The third-order valence-electron chi connectivity index (χ3n) is 2.48. The van der Waals surface area contributed by atoms with Gasteiger partial charge in [-0.3, -0.25) is 0 Å². The molecule has 0 fully saturated rings. The van der Waals surface area contributed by atoms with Crippen molar-refractivity contribution in [2.75, 3.05) is 0 Å². The minimum absolute atomic E-state index is 0.407. The van der Waals surface area contributed by atoms with Gasteiger partial charge >= 0.3 is 0 Å². The van der Waals surface area contributed by atoms with E-state index in [-0.39, 0.29) is 0 Å². The van der Waals surface area contributed by atoms with Gasteiger partial charge < -0.3 is 10.2 Å². The first-order chi connectivity index (χ1) is 7.61. The molecule has 0 aliphatic rings. The standard InChI is InChI=1S/C11H12BrN3O/c1-6-7(2)14-11(15-8(6)5-13)9-3-4-10(12)16-9/h3-4H,5,13H2,1-2H3. The molecule has 2 heterocycles. The molecule has 0 unspecified atom stereocenters. The molecular formula is C11H12BrN3O. The molecule has 0 aromatic carbocycles. The molecule has 84 valence electrons. The van der Waals surface area contributed by atoms with E-state index in [1.165, 1.54) is 0 Å². The molecule has 16 heavy (non-hydrogen) atoms. The highest BCUT2D eigenvalue weighted by Gasteiger charge is 2.11. The summed E-state index contributed by atoms with van der Waals surface area (Å²) in [6.07, 6.45) is 0. The fraction of sp³-hybridized carbons (Fsp3) is 0.273. The van der Waals surface area contributed by atoms with Crippen LogP contribution in [0.3, 0.4) is 0 Å². The van der Waals surface area contributed by atoms with Crippen LogP contribution in [0.2, 0.25) is 0 Å². The molecular weight excluding hydrogens is 270 g/mol. The van der Waals surface area contributed by atoms with Crippen molar-refractivity contribution in [3.05, 3.63) is 33.8 Å². The third kappa shape index (κ3) is 2.01.